The van der Waals surface area contributed by atoms with E-state index in [4.69, 9.17) is 0 Å². The number of hydrogen-bond acceptors (Lipinski definition) is 4. The van der Waals surface area contributed by atoms with Crippen molar-refractivity contribution in [3.63, 3.8) is 0 Å². The van der Waals surface area contributed by atoms with Crippen LogP contribution in [0.3, 0.4) is 0 Å². The lowest BCUT2D eigenvalue weighted by molar-refractivity contribution is -0.134. The van der Waals surface area contributed by atoms with E-state index >= 15 is 0 Å². The minimum absolute atomic E-state index is 0.321. The first kappa shape index (κ1) is 23.8. The summed E-state index contributed by atoms with van der Waals surface area (Å²) < 4.78 is 39.8. The van der Waals surface area contributed by atoms with Crippen molar-refractivity contribution in [2.45, 2.75) is 25.3 Å². The Hall–Kier alpha value is -3.89. The highest BCUT2D eigenvalue weighted by molar-refractivity contribution is 6.09. The Morgan fingerprint density at radius 1 is 1.00 bits per heavy atom. The molecule has 3 N–H and O–H groups in total. The van der Waals surface area contributed by atoms with Gasteiger partial charge in [0.15, 0.2) is 17.5 Å². The van der Waals surface area contributed by atoms with E-state index in [1.165, 1.54) is 0 Å². The summed E-state index contributed by atoms with van der Waals surface area (Å²) in [6.07, 6.45) is 0.853. The molecule has 0 bridgehead atoms. The number of hydrogen-bond donors (Lipinski definition) is 3. The van der Waals surface area contributed by atoms with Gasteiger partial charge in [-0.05, 0) is 37.5 Å². The topological polar surface area (TPSA) is 108 Å². The van der Waals surface area contributed by atoms with Crippen LogP contribution < -0.4 is 16.0 Å². The Bertz CT molecular complexity index is 1100. The molecular formula is C22H21F3N4O4. The molecule has 0 radical (unpaired) electrons. The number of carbonyl (C=O) groups excluding carboxylic acids is 4. The molecule has 174 valence electrons. The highest BCUT2D eigenvalue weighted by atomic mass is 19.2. The average Bonchev–Trinajstić information content (AvgIpc) is 3.00. The number of aryl methyl sites for hydroxylation is 1. The number of urea groups is 1. The van der Waals surface area contributed by atoms with Crippen molar-refractivity contribution in [3.05, 3.63) is 65.5 Å². The molecule has 2 aromatic rings. The molecule has 3 rings (SSSR count). The first-order chi connectivity index (χ1) is 15.6. The summed E-state index contributed by atoms with van der Waals surface area (Å²) in [5.74, 6) is -7.05. The van der Waals surface area contributed by atoms with E-state index < -0.39 is 65.5 Å². The predicted molar refractivity (Wildman–Crippen MR) is 111 cm³/mol. The summed E-state index contributed by atoms with van der Waals surface area (Å²) in [5, 5.41) is 6.77. The van der Waals surface area contributed by atoms with E-state index in [0.717, 1.165) is 16.5 Å². The Kier molecular flexibility index (Phi) is 7.00. The van der Waals surface area contributed by atoms with Gasteiger partial charge in [0.1, 0.15) is 12.1 Å². The molecule has 5 amide bonds. The molecule has 1 saturated heterocycles. The van der Waals surface area contributed by atoms with Gasteiger partial charge in [-0.25, -0.2) is 18.0 Å². The van der Waals surface area contributed by atoms with Crippen LogP contribution in [0, 0.1) is 17.5 Å². The number of anilines is 1. The van der Waals surface area contributed by atoms with Crippen LogP contribution in [0.25, 0.3) is 0 Å². The third kappa shape index (κ3) is 5.48. The molecule has 8 nitrogen and oxygen atoms in total. The Balaban J connectivity index is 1.51. The minimum Gasteiger partial charge on any atom is -0.345 e. The largest absolute Gasteiger partial charge is 0.345 e. The van der Waals surface area contributed by atoms with Gasteiger partial charge in [-0.1, -0.05) is 30.3 Å². The van der Waals surface area contributed by atoms with Crippen molar-refractivity contribution in [3.8, 4) is 0 Å². The SMILES string of the molecule is C[C@]1(CCc2ccccc2)NC(=O)N(CC(=O)NCC(=O)Nc2ccc(F)c(F)c2F)C1=O. The number of nitrogens with one attached hydrogen (secondary N) is 3. The fourth-order valence-electron chi connectivity index (χ4n) is 3.29. The lowest BCUT2D eigenvalue weighted by atomic mass is 9.93. The lowest BCUT2D eigenvalue weighted by Crippen LogP contribution is -2.46. The number of carbonyl (C=O) groups is 4. The quantitative estimate of drug-likeness (QED) is 0.413. The van der Waals surface area contributed by atoms with Gasteiger partial charge in [-0.3, -0.25) is 19.3 Å². The van der Waals surface area contributed by atoms with Crippen LogP contribution in [0.5, 0.6) is 0 Å². The fraction of sp³-hybridized carbons (Fsp3) is 0.273. The molecule has 1 aliphatic heterocycles. The fourth-order valence-corrected chi connectivity index (χ4v) is 3.29. The summed E-state index contributed by atoms with van der Waals surface area (Å²) in [6.45, 7) is 0.294. The smallest absolute Gasteiger partial charge is 0.325 e. The maximum absolute atomic E-state index is 13.6. The third-order valence-corrected chi connectivity index (χ3v) is 5.16. The number of halogens is 3. The van der Waals surface area contributed by atoms with Gasteiger partial charge >= 0.3 is 6.03 Å². The minimum atomic E-state index is -1.74. The summed E-state index contributed by atoms with van der Waals surface area (Å²) >= 11 is 0. The van der Waals surface area contributed by atoms with Gasteiger partial charge < -0.3 is 16.0 Å². The van der Waals surface area contributed by atoms with Crippen LogP contribution >= 0.6 is 0 Å². The van der Waals surface area contributed by atoms with Gasteiger partial charge in [-0.15, -0.1) is 0 Å². The molecule has 11 heteroatoms. The zero-order valence-corrected chi connectivity index (χ0v) is 17.6. The van der Waals surface area contributed by atoms with Crippen molar-refractivity contribution in [1.82, 2.24) is 15.5 Å². The van der Waals surface area contributed by atoms with Gasteiger partial charge in [0.2, 0.25) is 11.8 Å². The van der Waals surface area contributed by atoms with Crippen molar-refractivity contribution < 1.29 is 32.3 Å². The number of amides is 5. The van der Waals surface area contributed by atoms with E-state index in [0.29, 0.717) is 18.9 Å². The molecule has 0 aliphatic carbocycles. The molecule has 1 atom stereocenters. The zero-order chi connectivity index (χ0) is 24.2. The van der Waals surface area contributed by atoms with Gasteiger partial charge in [0.25, 0.3) is 5.91 Å². The van der Waals surface area contributed by atoms with E-state index in [9.17, 15) is 32.3 Å². The molecule has 1 aliphatic rings. The maximum Gasteiger partial charge on any atom is 0.325 e. The van der Waals surface area contributed by atoms with Crippen molar-refractivity contribution in [2.75, 3.05) is 18.4 Å². The summed E-state index contributed by atoms with van der Waals surface area (Å²) in [6, 6.07) is 10.1. The van der Waals surface area contributed by atoms with E-state index in [-0.39, 0.29) is 0 Å². The van der Waals surface area contributed by atoms with Crippen LogP contribution in [0.2, 0.25) is 0 Å². The van der Waals surface area contributed by atoms with Crippen LogP contribution in [-0.2, 0) is 20.8 Å². The van der Waals surface area contributed by atoms with E-state index in [1.54, 1.807) is 6.92 Å². The predicted octanol–water partition coefficient (Wildman–Crippen LogP) is 2.10. The third-order valence-electron chi connectivity index (χ3n) is 5.16. The normalized spacial score (nSPS) is 17.6. The zero-order valence-electron chi connectivity index (χ0n) is 17.6. The molecule has 0 aromatic heterocycles. The molecule has 0 spiro atoms. The molecule has 0 unspecified atom stereocenters. The summed E-state index contributed by atoms with van der Waals surface area (Å²) in [5.41, 5.74) is -0.800. The average molecular weight is 462 g/mol. The van der Waals surface area contributed by atoms with Gasteiger partial charge in [0, 0.05) is 0 Å². The molecule has 2 aromatic carbocycles. The molecular weight excluding hydrogens is 441 g/mol. The standard InChI is InChI=1S/C22H21F3N4O4/c1-22(10-9-13-5-3-2-4-6-13)20(32)29(21(33)28-22)12-17(31)26-11-16(30)27-15-8-7-14(23)18(24)19(15)25/h2-8H,9-12H2,1H3,(H,26,31)(H,27,30)(H,28,33)/t22-/m1/s1. The van der Waals surface area contributed by atoms with Crippen LogP contribution in [0.4, 0.5) is 23.7 Å². The first-order valence-electron chi connectivity index (χ1n) is 9.99. The second-order valence-electron chi connectivity index (χ2n) is 7.69. The maximum atomic E-state index is 13.6. The number of benzene rings is 2. The number of nitrogens with zero attached hydrogens (tertiary/aromatic N) is 1. The van der Waals surface area contributed by atoms with Gasteiger partial charge in [0.05, 0.1) is 12.2 Å². The number of imide groups is 1. The second-order valence-corrected chi connectivity index (χ2v) is 7.69. The molecule has 0 saturated carbocycles. The van der Waals surface area contributed by atoms with Gasteiger partial charge in [-0.2, -0.15) is 0 Å². The molecule has 1 heterocycles. The highest BCUT2D eigenvalue weighted by Gasteiger charge is 2.47. The highest BCUT2D eigenvalue weighted by Crippen LogP contribution is 2.23. The summed E-state index contributed by atoms with van der Waals surface area (Å²) in [7, 11) is 0. The second kappa shape index (κ2) is 9.72. The Morgan fingerprint density at radius 3 is 2.39 bits per heavy atom. The van der Waals surface area contributed by atoms with Crippen molar-refractivity contribution in [1.29, 1.82) is 0 Å². The summed E-state index contributed by atoms with van der Waals surface area (Å²) in [4.78, 5) is 49.8. The Labute approximate surface area is 187 Å². The first-order valence-corrected chi connectivity index (χ1v) is 9.99. The van der Waals surface area contributed by atoms with Crippen molar-refractivity contribution in [2.24, 2.45) is 0 Å². The molecule has 33 heavy (non-hydrogen) atoms. The van der Waals surface area contributed by atoms with E-state index in [1.807, 2.05) is 35.6 Å². The molecule has 1 fully saturated rings. The lowest BCUT2D eigenvalue weighted by Gasteiger charge is -2.21. The number of rotatable bonds is 8. The van der Waals surface area contributed by atoms with Crippen molar-refractivity contribution >= 4 is 29.4 Å². The van der Waals surface area contributed by atoms with Crippen LogP contribution in [0.15, 0.2) is 42.5 Å². The van der Waals surface area contributed by atoms with E-state index in [2.05, 4.69) is 10.6 Å². The van der Waals surface area contributed by atoms with Crippen LogP contribution in [-0.4, -0.2) is 47.3 Å². The Morgan fingerprint density at radius 2 is 1.70 bits per heavy atom. The van der Waals surface area contributed by atoms with Crippen LogP contribution in [0.1, 0.15) is 18.9 Å². The monoisotopic (exact) mass is 462 g/mol.